The highest BCUT2D eigenvalue weighted by Crippen LogP contribution is 2.44. The second kappa shape index (κ2) is 4.29. The first kappa shape index (κ1) is 12.8. The zero-order valence-corrected chi connectivity index (χ0v) is 11.2. The molecule has 1 rings (SSSR count). The third-order valence-corrected chi connectivity index (χ3v) is 4.24. The van der Waals surface area contributed by atoms with Gasteiger partial charge in [-0.05, 0) is 36.6 Å². The van der Waals surface area contributed by atoms with Crippen LogP contribution in [0.2, 0.25) is 0 Å². The standard InChI is InChI=1S/C14H27N/c1-9-8-12(14(4,5)6)13(15-7)11(3)10(9)2/h9,11-13,15H,2,8H2,1,3-7H3. The molecule has 0 radical (unpaired) electrons. The molecule has 1 aliphatic carbocycles. The zero-order chi connectivity index (χ0) is 11.8. The third kappa shape index (κ3) is 2.44. The van der Waals surface area contributed by atoms with Gasteiger partial charge in [0.1, 0.15) is 0 Å². The Morgan fingerprint density at radius 3 is 2.20 bits per heavy atom. The van der Waals surface area contributed by atoms with Crippen LogP contribution in [0.3, 0.4) is 0 Å². The van der Waals surface area contributed by atoms with E-state index in [9.17, 15) is 0 Å². The quantitative estimate of drug-likeness (QED) is 0.652. The molecule has 0 bridgehead atoms. The van der Waals surface area contributed by atoms with Gasteiger partial charge >= 0.3 is 0 Å². The van der Waals surface area contributed by atoms with Crippen LogP contribution in [0.25, 0.3) is 0 Å². The molecule has 4 atom stereocenters. The molecule has 0 spiro atoms. The fraction of sp³-hybridized carbons (Fsp3) is 0.857. The lowest BCUT2D eigenvalue weighted by molar-refractivity contribution is 0.106. The van der Waals surface area contributed by atoms with Gasteiger partial charge in [-0.1, -0.05) is 46.8 Å². The van der Waals surface area contributed by atoms with E-state index < -0.39 is 0 Å². The number of nitrogens with one attached hydrogen (secondary N) is 1. The minimum atomic E-state index is 0.386. The van der Waals surface area contributed by atoms with Crippen molar-refractivity contribution >= 4 is 0 Å². The molecule has 0 aromatic carbocycles. The van der Waals surface area contributed by atoms with E-state index in [4.69, 9.17) is 0 Å². The average Bonchev–Trinajstić information content (AvgIpc) is 2.12. The summed E-state index contributed by atoms with van der Waals surface area (Å²) in [5.74, 6) is 2.02. The summed E-state index contributed by atoms with van der Waals surface area (Å²) in [7, 11) is 2.09. The summed E-state index contributed by atoms with van der Waals surface area (Å²) in [6.07, 6.45) is 1.28. The van der Waals surface area contributed by atoms with Crippen molar-refractivity contribution in [3.05, 3.63) is 12.2 Å². The molecule has 0 saturated heterocycles. The van der Waals surface area contributed by atoms with E-state index in [0.29, 0.717) is 23.3 Å². The Hall–Kier alpha value is -0.300. The molecule has 0 heterocycles. The van der Waals surface area contributed by atoms with Gasteiger partial charge in [-0.25, -0.2) is 0 Å². The molecule has 0 aliphatic heterocycles. The SMILES string of the molecule is C=C1C(C)CC(C(C)(C)C)C(NC)C1C. The van der Waals surface area contributed by atoms with Gasteiger partial charge in [0.25, 0.3) is 0 Å². The molecule has 88 valence electrons. The van der Waals surface area contributed by atoms with Crippen LogP contribution < -0.4 is 5.32 Å². The second-order valence-corrected chi connectivity index (χ2v) is 6.29. The first-order valence-corrected chi connectivity index (χ1v) is 6.15. The highest BCUT2D eigenvalue weighted by atomic mass is 14.9. The van der Waals surface area contributed by atoms with Crippen molar-refractivity contribution in [1.29, 1.82) is 0 Å². The van der Waals surface area contributed by atoms with Crippen LogP contribution in [0.1, 0.15) is 41.0 Å². The molecule has 1 nitrogen and oxygen atoms in total. The smallest absolute Gasteiger partial charge is 0.0160 e. The molecule has 1 aliphatic rings. The van der Waals surface area contributed by atoms with Crippen molar-refractivity contribution < 1.29 is 0 Å². The summed E-state index contributed by atoms with van der Waals surface area (Å²) in [6.45, 7) is 16.0. The zero-order valence-electron chi connectivity index (χ0n) is 11.2. The normalized spacial score (nSPS) is 38.1. The Morgan fingerprint density at radius 1 is 1.27 bits per heavy atom. The van der Waals surface area contributed by atoms with Gasteiger partial charge in [0.15, 0.2) is 0 Å². The lowest BCUT2D eigenvalue weighted by Gasteiger charge is -2.47. The molecule has 1 heteroatoms. The molecule has 0 amide bonds. The largest absolute Gasteiger partial charge is 0.316 e. The molecule has 1 saturated carbocycles. The molecular weight excluding hydrogens is 182 g/mol. The maximum atomic E-state index is 4.25. The minimum Gasteiger partial charge on any atom is -0.316 e. The molecule has 1 fully saturated rings. The highest BCUT2D eigenvalue weighted by Gasteiger charge is 2.40. The van der Waals surface area contributed by atoms with E-state index >= 15 is 0 Å². The Labute approximate surface area is 95.3 Å². The van der Waals surface area contributed by atoms with Gasteiger partial charge in [-0.15, -0.1) is 0 Å². The first-order valence-electron chi connectivity index (χ1n) is 6.15. The summed E-state index contributed by atoms with van der Waals surface area (Å²) in [4.78, 5) is 0. The van der Waals surface area contributed by atoms with E-state index in [1.165, 1.54) is 12.0 Å². The van der Waals surface area contributed by atoms with Crippen molar-refractivity contribution in [2.24, 2.45) is 23.2 Å². The van der Waals surface area contributed by atoms with Crippen molar-refractivity contribution in [3.63, 3.8) is 0 Å². The minimum absolute atomic E-state index is 0.386. The summed E-state index contributed by atoms with van der Waals surface area (Å²) < 4.78 is 0. The van der Waals surface area contributed by atoms with Crippen molar-refractivity contribution in [1.82, 2.24) is 5.32 Å². The number of hydrogen-bond donors (Lipinski definition) is 1. The van der Waals surface area contributed by atoms with E-state index in [0.717, 1.165) is 5.92 Å². The van der Waals surface area contributed by atoms with Crippen LogP contribution in [0, 0.1) is 23.2 Å². The van der Waals surface area contributed by atoms with Gasteiger partial charge in [0, 0.05) is 6.04 Å². The molecule has 0 aromatic heterocycles. The highest BCUT2D eigenvalue weighted by molar-refractivity contribution is 5.13. The Balaban J connectivity index is 2.92. The fourth-order valence-electron chi connectivity index (χ4n) is 3.05. The van der Waals surface area contributed by atoms with Crippen LogP contribution in [0.15, 0.2) is 12.2 Å². The number of rotatable bonds is 1. The lowest BCUT2D eigenvalue weighted by atomic mass is 9.62. The van der Waals surface area contributed by atoms with E-state index in [1.807, 2.05) is 0 Å². The van der Waals surface area contributed by atoms with E-state index in [-0.39, 0.29) is 0 Å². The van der Waals surface area contributed by atoms with Gasteiger partial charge in [-0.2, -0.15) is 0 Å². The van der Waals surface area contributed by atoms with Gasteiger partial charge in [0.2, 0.25) is 0 Å². The van der Waals surface area contributed by atoms with Crippen molar-refractivity contribution in [2.75, 3.05) is 7.05 Å². The van der Waals surface area contributed by atoms with E-state index in [2.05, 4.69) is 53.6 Å². The monoisotopic (exact) mass is 209 g/mol. The van der Waals surface area contributed by atoms with Crippen LogP contribution in [0.5, 0.6) is 0 Å². The summed E-state index contributed by atoms with van der Waals surface area (Å²) in [6, 6.07) is 0.591. The Morgan fingerprint density at radius 2 is 1.80 bits per heavy atom. The van der Waals surface area contributed by atoms with E-state index in [1.54, 1.807) is 0 Å². The summed E-state index contributed by atoms with van der Waals surface area (Å²) in [5.41, 5.74) is 1.81. The topological polar surface area (TPSA) is 12.0 Å². The van der Waals surface area contributed by atoms with Gasteiger partial charge < -0.3 is 5.32 Å². The third-order valence-electron chi connectivity index (χ3n) is 4.24. The molecule has 1 N–H and O–H groups in total. The average molecular weight is 209 g/mol. The fourth-order valence-corrected chi connectivity index (χ4v) is 3.05. The van der Waals surface area contributed by atoms with Crippen LogP contribution in [-0.2, 0) is 0 Å². The molecular formula is C14H27N. The maximum absolute atomic E-state index is 4.25. The van der Waals surface area contributed by atoms with Crippen LogP contribution >= 0.6 is 0 Å². The maximum Gasteiger partial charge on any atom is 0.0160 e. The van der Waals surface area contributed by atoms with Gasteiger partial charge in [0.05, 0.1) is 0 Å². The van der Waals surface area contributed by atoms with Crippen LogP contribution in [-0.4, -0.2) is 13.1 Å². The lowest BCUT2D eigenvalue weighted by Crippen LogP contribution is -2.49. The molecule has 0 aromatic rings. The predicted octanol–water partition coefficient (Wildman–Crippen LogP) is 3.47. The van der Waals surface area contributed by atoms with Crippen molar-refractivity contribution in [2.45, 2.75) is 47.1 Å². The summed E-state index contributed by atoms with van der Waals surface area (Å²) in [5, 5.41) is 3.50. The first-order chi connectivity index (χ1) is 6.79. The van der Waals surface area contributed by atoms with Gasteiger partial charge in [-0.3, -0.25) is 0 Å². The predicted molar refractivity (Wildman–Crippen MR) is 67.9 cm³/mol. The second-order valence-electron chi connectivity index (χ2n) is 6.29. The Kier molecular flexibility index (Phi) is 3.65. The number of hydrogen-bond acceptors (Lipinski definition) is 1. The molecule has 4 unspecified atom stereocenters. The Bertz CT molecular complexity index is 236. The molecule has 15 heavy (non-hydrogen) atoms. The van der Waals surface area contributed by atoms with Crippen LogP contribution in [0.4, 0.5) is 0 Å². The summed E-state index contributed by atoms with van der Waals surface area (Å²) >= 11 is 0. The van der Waals surface area contributed by atoms with Crippen molar-refractivity contribution in [3.8, 4) is 0 Å².